The van der Waals surface area contributed by atoms with Crippen molar-refractivity contribution in [1.82, 2.24) is 5.32 Å². The van der Waals surface area contributed by atoms with Gasteiger partial charge >= 0.3 is 0 Å². The number of nitrogens with one attached hydrogen (secondary N) is 1. The van der Waals surface area contributed by atoms with Crippen LogP contribution in [0.5, 0.6) is 0 Å². The third-order valence-corrected chi connectivity index (χ3v) is 4.04. The molecule has 3 heteroatoms. The molecular formula is C18H21BrFN. The summed E-state index contributed by atoms with van der Waals surface area (Å²) in [7, 11) is 1.96. The lowest BCUT2D eigenvalue weighted by atomic mass is 9.92. The number of hydrogen-bond acceptors (Lipinski definition) is 1. The molecule has 0 heterocycles. The van der Waals surface area contributed by atoms with Crippen molar-refractivity contribution in [3.63, 3.8) is 0 Å². The van der Waals surface area contributed by atoms with Gasteiger partial charge in [-0.05, 0) is 68.6 Å². The van der Waals surface area contributed by atoms with Crippen LogP contribution in [0.4, 0.5) is 4.39 Å². The van der Waals surface area contributed by atoms with Crippen molar-refractivity contribution in [2.24, 2.45) is 5.92 Å². The molecule has 1 N–H and O–H groups in total. The van der Waals surface area contributed by atoms with E-state index in [4.69, 9.17) is 0 Å². The smallest absolute Gasteiger partial charge is 0.124 e. The lowest BCUT2D eigenvalue weighted by Gasteiger charge is -2.17. The SMILES string of the molecule is CNCC(Cc1ccc(C)cc1)Cc1cc(F)cc(Br)c1. The third-order valence-electron chi connectivity index (χ3n) is 3.58. The summed E-state index contributed by atoms with van der Waals surface area (Å²) in [5.74, 6) is 0.268. The zero-order valence-electron chi connectivity index (χ0n) is 12.5. The second-order valence-corrected chi connectivity index (χ2v) is 6.51. The molecule has 0 aromatic heterocycles. The highest BCUT2D eigenvalue weighted by Crippen LogP contribution is 2.20. The van der Waals surface area contributed by atoms with Crippen molar-refractivity contribution in [3.8, 4) is 0 Å². The summed E-state index contributed by atoms with van der Waals surface area (Å²) in [5.41, 5.74) is 3.64. The van der Waals surface area contributed by atoms with E-state index in [-0.39, 0.29) is 5.82 Å². The van der Waals surface area contributed by atoms with Crippen LogP contribution in [0.25, 0.3) is 0 Å². The topological polar surface area (TPSA) is 12.0 Å². The maximum absolute atomic E-state index is 13.5. The van der Waals surface area contributed by atoms with Crippen LogP contribution < -0.4 is 5.32 Å². The van der Waals surface area contributed by atoms with E-state index in [1.54, 1.807) is 6.07 Å². The van der Waals surface area contributed by atoms with Gasteiger partial charge in [0.05, 0.1) is 0 Å². The summed E-state index contributed by atoms with van der Waals surface area (Å²) in [6.07, 6.45) is 1.86. The van der Waals surface area contributed by atoms with Gasteiger partial charge in [0.2, 0.25) is 0 Å². The van der Waals surface area contributed by atoms with Crippen LogP contribution in [-0.4, -0.2) is 13.6 Å². The van der Waals surface area contributed by atoms with Crippen LogP contribution >= 0.6 is 15.9 Å². The molecule has 2 aromatic rings. The Labute approximate surface area is 134 Å². The fourth-order valence-corrected chi connectivity index (χ4v) is 3.14. The van der Waals surface area contributed by atoms with Crippen LogP contribution in [0.1, 0.15) is 16.7 Å². The average molecular weight is 350 g/mol. The maximum Gasteiger partial charge on any atom is 0.124 e. The number of halogens is 2. The van der Waals surface area contributed by atoms with E-state index < -0.39 is 0 Å². The summed E-state index contributed by atoms with van der Waals surface area (Å²) in [5, 5.41) is 3.24. The molecule has 0 saturated carbocycles. The molecule has 0 spiro atoms. The largest absolute Gasteiger partial charge is 0.319 e. The Hall–Kier alpha value is -1.19. The standard InChI is InChI=1S/C18H21BrFN/c1-13-3-5-14(6-4-13)7-16(12-21-2)8-15-9-17(19)11-18(20)10-15/h3-6,9-11,16,21H,7-8,12H2,1-2H3. The van der Waals surface area contributed by atoms with Crippen molar-refractivity contribution in [2.75, 3.05) is 13.6 Å². The first-order chi connectivity index (χ1) is 10.1. The third kappa shape index (κ3) is 5.25. The minimum absolute atomic E-state index is 0.182. The predicted octanol–water partition coefficient (Wildman–Crippen LogP) is 4.52. The molecule has 0 bridgehead atoms. The Morgan fingerprint density at radius 3 is 2.33 bits per heavy atom. The van der Waals surface area contributed by atoms with Gasteiger partial charge in [-0.3, -0.25) is 0 Å². The van der Waals surface area contributed by atoms with Crippen molar-refractivity contribution >= 4 is 15.9 Å². The zero-order chi connectivity index (χ0) is 15.2. The Balaban J connectivity index is 2.09. The van der Waals surface area contributed by atoms with Crippen molar-refractivity contribution < 1.29 is 4.39 Å². The van der Waals surface area contributed by atoms with E-state index >= 15 is 0 Å². The quantitative estimate of drug-likeness (QED) is 0.808. The van der Waals surface area contributed by atoms with Crippen molar-refractivity contribution in [1.29, 1.82) is 0 Å². The first-order valence-corrected chi connectivity index (χ1v) is 8.01. The van der Waals surface area contributed by atoms with Gasteiger partial charge in [0, 0.05) is 4.47 Å². The van der Waals surface area contributed by atoms with Gasteiger partial charge in [0.15, 0.2) is 0 Å². The molecule has 2 rings (SSSR count). The maximum atomic E-state index is 13.5. The molecule has 0 radical (unpaired) electrons. The second-order valence-electron chi connectivity index (χ2n) is 5.60. The summed E-state index contributed by atoms with van der Waals surface area (Å²) in [6, 6.07) is 13.8. The molecule has 0 aliphatic heterocycles. The molecule has 0 amide bonds. The molecule has 2 aromatic carbocycles. The predicted molar refractivity (Wildman–Crippen MR) is 90.1 cm³/mol. The van der Waals surface area contributed by atoms with Gasteiger partial charge in [-0.15, -0.1) is 0 Å². The van der Waals surface area contributed by atoms with Crippen LogP contribution in [0, 0.1) is 18.7 Å². The molecule has 0 aliphatic rings. The monoisotopic (exact) mass is 349 g/mol. The molecule has 21 heavy (non-hydrogen) atoms. The zero-order valence-corrected chi connectivity index (χ0v) is 14.1. The molecule has 1 nitrogen and oxygen atoms in total. The number of aryl methyl sites for hydroxylation is 1. The Morgan fingerprint density at radius 1 is 1.05 bits per heavy atom. The number of hydrogen-bond donors (Lipinski definition) is 1. The number of benzene rings is 2. The van der Waals surface area contributed by atoms with Gasteiger partial charge in [0.1, 0.15) is 5.82 Å². The van der Waals surface area contributed by atoms with Crippen LogP contribution in [-0.2, 0) is 12.8 Å². The molecule has 0 fully saturated rings. The van der Waals surface area contributed by atoms with Gasteiger partial charge < -0.3 is 5.32 Å². The minimum Gasteiger partial charge on any atom is -0.319 e. The van der Waals surface area contributed by atoms with E-state index in [0.29, 0.717) is 5.92 Å². The molecule has 0 saturated heterocycles. The fourth-order valence-electron chi connectivity index (χ4n) is 2.62. The van der Waals surface area contributed by atoms with E-state index in [2.05, 4.69) is 52.4 Å². The molecule has 112 valence electrons. The highest BCUT2D eigenvalue weighted by molar-refractivity contribution is 9.10. The summed E-state index contributed by atoms with van der Waals surface area (Å²) >= 11 is 3.36. The molecule has 1 atom stereocenters. The number of rotatable bonds is 6. The van der Waals surface area contributed by atoms with Crippen LogP contribution in [0.2, 0.25) is 0 Å². The van der Waals surface area contributed by atoms with Crippen molar-refractivity contribution in [2.45, 2.75) is 19.8 Å². The van der Waals surface area contributed by atoms with Gasteiger partial charge in [-0.2, -0.15) is 0 Å². The van der Waals surface area contributed by atoms with Crippen LogP contribution in [0.15, 0.2) is 46.9 Å². The van der Waals surface area contributed by atoms with E-state index in [1.165, 1.54) is 17.2 Å². The highest BCUT2D eigenvalue weighted by Gasteiger charge is 2.11. The summed E-state index contributed by atoms with van der Waals surface area (Å²) < 4.78 is 14.3. The Kier molecular flexibility index (Phi) is 5.95. The van der Waals surface area contributed by atoms with E-state index in [1.807, 2.05) is 13.1 Å². The van der Waals surface area contributed by atoms with Gasteiger partial charge in [-0.1, -0.05) is 45.8 Å². The molecular weight excluding hydrogens is 329 g/mol. The highest BCUT2D eigenvalue weighted by atomic mass is 79.9. The first kappa shape index (κ1) is 16.2. The average Bonchev–Trinajstić information content (AvgIpc) is 2.40. The van der Waals surface area contributed by atoms with E-state index in [0.717, 1.165) is 29.4 Å². The summed E-state index contributed by atoms with van der Waals surface area (Å²) in [4.78, 5) is 0. The Morgan fingerprint density at radius 2 is 1.71 bits per heavy atom. The lowest BCUT2D eigenvalue weighted by molar-refractivity contribution is 0.491. The second kappa shape index (κ2) is 7.71. The van der Waals surface area contributed by atoms with Gasteiger partial charge in [0.25, 0.3) is 0 Å². The molecule has 0 aliphatic carbocycles. The van der Waals surface area contributed by atoms with Crippen molar-refractivity contribution in [3.05, 3.63) is 69.4 Å². The van der Waals surface area contributed by atoms with Gasteiger partial charge in [-0.25, -0.2) is 4.39 Å². The fraction of sp³-hybridized carbons (Fsp3) is 0.333. The molecule has 1 unspecified atom stereocenters. The normalized spacial score (nSPS) is 12.4. The lowest BCUT2D eigenvalue weighted by Crippen LogP contribution is -2.22. The minimum atomic E-state index is -0.182. The Bertz CT molecular complexity index is 560. The first-order valence-electron chi connectivity index (χ1n) is 7.22. The van der Waals surface area contributed by atoms with Crippen LogP contribution in [0.3, 0.4) is 0 Å². The van der Waals surface area contributed by atoms with E-state index in [9.17, 15) is 4.39 Å². The summed E-state index contributed by atoms with van der Waals surface area (Å²) in [6.45, 7) is 3.02.